The van der Waals surface area contributed by atoms with Crippen molar-refractivity contribution in [3.63, 3.8) is 0 Å². The molecule has 8 nitrogen and oxygen atoms in total. The molecular formula is C28H30N4O4+. The molecule has 1 amide bonds. The molecule has 2 N–H and O–H groups in total. The molecule has 185 valence electrons. The molecule has 2 aliphatic heterocycles. The zero-order valence-corrected chi connectivity index (χ0v) is 20.3. The maximum atomic E-state index is 12.8. The van der Waals surface area contributed by atoms with Crippen LogP contribution in [0.4, 0.5) is 11.4 Å². The third kappa shape index (κ3) is 5.18. The van der Waals surface area contributed by atoms with Gasteiger partial charge in [-0.1, -0.05) is 29.2 Å². The van der Waals surface area contributed by atoms with E-state index in [2.05, 4.69) is 39.5 Å². The standard InChI is InChI=1S/C28H30N4O4/c1-36-25-5-3-2-4-23(25)30-28(35)24-17-32-18-31(15-14-26(32)29-24)22-12-10-21(11-13-22)20-8-6-19(7-9-20)16-27(33)34/h2-5,10-15,17,19-20H,6-9,16,18H2,1H3,(H,30,35)(H,33,34)/q+1. The van der Waals surface area contributed by atoms with Gasteiger partial charge in [0.2, 0.25) is 6.67 Å². The number of fused-ring (bicyclic) bond motifs is 1. The molecule has 0 saturated heterocycles. The lowest BCUT2D eigenvalue weighted by Gasteiger charge is -2.28. The predicted molar refractivity (Wildman–Crippen MR) is 139 cm³/mol. The summed E-state index contributed by atoms with van der Waals surface area (Å²) < 4.78 is 5.31. The summed E-state index contributed by atoms with van der Waals surface area (Å²) in [6, 6.07) is 15.9. The van der Waals surface area contributed by atoms with Crippen molar-refractivity contribution >= 4 is 29.1 Å². The Kier molecular flexibility index (Phi) is 6.86. The molecule has 0 bridgehead atoms. The van der Waals surface area contributed by atoms with Gasteiger partial charge < -0.3 is 15.2 Å². The van der Waals surface area contributed by atoms with Crippen molar-refractivity contribution in [2.75, 3.05) is 24.0 Å². The van der Waals surface area contributed by atoms with Crippen LogP contribution in [0.5, 0.6) is 5.75 Å². The Morgan fingerprint density at radius 2 is 1.86 bits per heavy atom. The first-order valence-corrected chi connectivity index (χ1v) is 12.3. The number of amidine groups is 1. The highest BCUT2D eigenvalue weighted by Gasteiger charge is 2.35. The van der Waals surface area contributed by atoms with Crippen LogP contribution >= 0.6 is 0 Å². The molecule has 1 radical (unpaired) electrons. The number of carbonyl (C=O) groups is 2. The SMILES string of the molecule is COc1ccccc1NC(=O)C1=C[N+]2CN(c3ccc(C4CCC(CC(=O)O)CC4)cc3)C=CC2=N1. The minimum Gasteiger partial charge on any atom is -0.495 e. The zero-order valence-electron chi connectivity index (χ0n) is 20.3. The summed E-state index contributed by atoms with van der Waals surface area (Å²) in [6.07, 6.45) is 9.97. The van der Waals surface area contributed by atoms with Gasteiger partial charge in [0.25, 0.3) is 11.7 Å². The minimum atomic E-state index is -0.692. The number of hydrogen-bond acceptors (Lipinski definition) is 6. The number of aliphatic imine (C=N–C) groups is 1. The minimum absolute atomic E-state index is 0.285. The number of ether oxygens (including phenoxy) is 1. The van der Waals surface area contributed by atoms with Crippen molar-refractivity contribution < 1.29 is 19.4 Å². The summed E-state index contributed by atoms with van der Waals surface area (Å²) in [5.41, 5.74) is 3.32. The molecule has 36 heavy (non-hydrogen) atoms. The quantitative estimate of drug-likeness (QED) is 0.550. The molecule has 0 spiro atoms. The van der Waals surface area contributed by atoms with Crippen LogP contribution in [0.1, 0.15) is 43.6 Å². The molecule has 5 rings (SSSR count). The number of methoxy groups -OCH3 is 1. The summed E-state index contributed by atoms with van der Waals surface area (Å²) >= 11 is 0. The lowest BCUT2D eigenvalue weighted by atomic mass is 9.77. The Morgan fingerprint density at radius 3 is 2.58 bits per heavy atom. The van der Waals surface area contributed by atoms with Crippen molar-refractivity contribution in [2.24, 2.45) is 10.9 Å². The van der Waals surface area contributed by atoms with Gasteiger partial charge in [0, 0.05) is 24.4 Å². The predicted octanol–water partition coefficient (Wildman–Crippen LogP) is 4.77. The molecule has 2 heterocycles. The highest BCUT2D eigenvalue weighted by Crippen LogP contribution is 2.37. The molecule has 0 atom stereocenters. The molecule has 0 aromatic heterocycles. The normalized spacial score (nSPS) is 21.4. The van der Waals surface area contributed by atoms with Crippen LogP contribution in [0.3, 0.4) is 0 Å². The van der Waals surface area contributed by atoms with E-state index in [1.165, 1.54) is 5.56 Å². The van der Waals surface area contributed by atoms with E-state index in [1.807, 2.05) is 29.3 Å². The number of nitrogens with one attached hydrogen (secondary N) is 1. The van der Waals surface area contributed by atoms with Crippen LogP contribution in [0, 0.1) is 5.92 Å². The van der Waals surface area contributed by atoms with Crippen LogP contribution in [0.2, 0.25) is 0 Å². The van der Waals surface area contributed by atoms with E-state index >= 15 is 0 Å². The number of carboxylic acid groups (broad SMARTS) is 1. The monoisotopic (exact) mass is 486 g/mol. The van der Waals surface area contributed by atoms with E-state index in [0.717, 1.165) is 37.2 Å². The first-order valence-electron chi connectivity index (χ1n) is 12.3. The fourth-order valence-electron chi connectivity index (χ4n) is 5.14. The van der Waals surface area contributed by atoms with E-state index in [1.54, 1.807) is 25.4 Å². The van der Waals surface area contributed by atoms with Gasteiger partial charge >= 0.3 is 5.97 Å². The number of rotatable bonds is 7. The Labute approximate surface area is 210 Å². The molecule has 8 heteroatoms. The van der Waals surface area contributed by atoms with Crippen LogP contribution in [0.15, 0.2) is 77.7 Å². The number of amides is 1. The topological polar surface area (TPSA) is 97.1 Å². The second kappa shape index (κ2) is 10.4. The summed E-state index contributed by atoms with van der Waals surface area (Å²) in [5.74, 6) is 1.14. The second-order valence-electron chi connectivity index (χ2n) is 9.44. The molecule has 1 fully saturated rings. The smallest absolute Gasteiger partial charge is 0.303 e. The Hall–Kier alpha value is -3.91. The molecule has 3 aliphatic rings. The number of anilines is 2. The maximum Gasteiger partial charge on any atom is 0.303 e. The van der Waals surface area contributed by atoms with Crippen molar-refractivity contribution in [3.8, 4) is 5.75 Å². The number of benzene rings is 2. The van der Waals surface area contributed by atoms with E-state index in [-0.39, 0.29) is 12.3 Å². The van der Waals surface area contributed by atoms with E-state index in [4.69, 9.17) is 9.84 Å². The number of para-hydroxylation sites is 2. The van der Waals surface area contributed by atoms with Gasteiger partial charge in [0.05, 0.1) is 12.8 Å². The van der Waals surface area contributed by atoms with Gasteiger partial charge in [-0.05, 0) is 67.3 Å². The fourth-order valence-corrected chi connectivity index (χ4v) is 5.14. The zero-order chi connectivity index (χ0) is 25.1. The van der Waals surface area contributed by atoms with E-state index in [9.17, 15) is 9.59 Å². The maximum absolute atomic E-state index is 12.8. The van der Waals surface area contributed by atoms with Crippen molar-refractivity contribution in [3.05, 3.63) is 78.3 Å². The molecule has 2 aromatic rings. The fraction of sp³-hybridized carbons (Fsp3) is 0.321. The highest BCUT2D eigenvalue weighted by atomic mass is 16.5. The van der Waals surface area contributed by atoms with Gasteiger partial charge in [0.15, 0.2) is 11.9 Å². The molecule has 1 aliphatic carbocycles. The summed E-state index contributed by atoms with van der Waals surface area (Å²) in [7, 11) is 1.57. The van der Waals surface area contributed by atoms with Crippen LogP contribution in [0.25, 0.3) is 0 Å². The van der Waals surface area contributed by atoms with Gasteiger partial charge in [-0.25, -0.2) is 0 Å². The van der Waals surface area contributed by atoms with Crippen molar-refractivity contribution in [2.45, 2.75) is 38.0 Å². The second-order valence-corrected chi connectivity index (χ2v) is 9.44. The van der Waals surface area contributed by atoms with Gasteiger partial charge in [-0.2, -0.15) is 4.99 Å². The Bertz CT molecular complexity index is 1230. The molecule has 0 unspecified atom stereocenters. The largest absolute Gasteiger partial charge is 0.495 e. The lowest BCUT2D eigenvalue weighted by molar-refractivity contribution is -0.138. The van der Waals surface area contributed by atoms with E-state index in [0.29, 0.717) is 35.6 Å². The summed E-state index contributed by atoms with van der Waals surface area (Å²) in [5, 5.41) is 11.9. The lowest BCUT2D eigenvalue weighted by Crippen LogP contribution is -2.41. The number of nitrogens with zero attached hydrogens (tertiary/aromatic N) is 3. The van der Waals surface area contributed by atoms with Crippen LogP contribution in [-0.4, -0.2) is 36.6 Å². The first kappa shape index (κ1) is 23.8. The van der Waals surface area contributed by atoms with Crippen molar-refractivity contribution in [1.82, 2.24) is 4.90 Å². The van der Waals surface area contributed by atoms with Gasteiger partial charge in [0.1, 0.15) is 5.75 Å². The number of carbonyl (C=O) groups excluding carboxylic acids is 1. The molecule has 1 saturated carbocycles. The average Bonchev–Trinajstić information content (AvgIpc) is 3.33. The molecule has 2 aromatic carbocycles. The summed E-state index contributed by atoms with van der Waals surface area (Å²) in [4.78, 5) is 32.3. The van der Waals surface area contributed by atoms with Gasteiger partial charge in [-0.3, -0.25) is 14.5 Å². The highest BCUT2D eigenvalue weighted by molar-refractivity contribution is 6.10. The van der Waals surface area contributed by atoms with E-state index < -0.39 is 5.97 Å². The third-order valence-electron chi connectivity index (χ3n) is 7.11. The first-order chi connectivity index (χ1) is 17.5. The Morgan fingerprint density at radius 1 is 1.11 bits per heavy atom. The number of hydrogen-bond donors (Lipinski definition) is 2. The number of carboxylic acids is 1. The average molecular weight is 487 g/mol. The van der Waals surface area contributed by atoms with Crippen LogP contribution < -0.4 is 19.9 Å². The molecular weight excluding hydrogens is 456 g/mol. The van der Waals surface area contributed by atoms with Crippen molar-refractivity contribution in [1.29, 1.82) is 0 Å². The van der Waals surface area contributed by atoms with Crippen LogP contribution in [-0.2, 0) is 9.59 Å². The third-order valence-corrected chi connectivity index (χ3v) is 7.11. The Balaban J connectivity index is 1.20. The van der Waals surface area contributed by atoms with Gasteiger partial charge in [-0.15, -0.1) is 0 Å². The number of aliphatic carboxylic acids is 1. The summed E-state index contributed by atoms with van der Waals surface area (Å²) in [6.45, 7) is 0.556.